The predicted octanol–water partition coefficient (Wildman–Crippen LogP) is 1.79. The summed E-state index contributed by atoms with van der Waals surface area (Å²) >= 11 is 0. The predicted molar refractivity (Wildman–Crippen MR) is 106 cm³/mol. The number of pyridine rings is 1. The number of aliphatic hydroxyl groups is 1. The fraction of sp³-hybridized carbons (Fsp3) is 0.429. The summed E-state index contributed by atoms with van der Waals surface area (Å²) in [6.07, 6.45) is 3.03. The maximum Gasteiger partial charge on any atom is 0.310 e. The van der Waals surface area contributed by atoms with Crippen LogP contribution < -0.4 is 15.8 Å². The minimum atomic E-state index is -0.644. The molecule has 1 aliphatic heterocycles. The smallest absolute Gasteiger partial charge is 0.310 e. The average Bonchev–Trinajstić information content (AvgIpc) is 2.68. The van der Waals surface area contributed by atoms with Gasteiger partial charge in [-0.3, -0.25) is 4.79 Å². The van der Waals surface area contributed by atoms with Crippen molar-refractivity contribution in [2.24, 2.45) is 0 Å². The molecule has 0 aliphatic carbocycles. The number of rotatable bonds is 8. The maximum atomic E-state index is 11.6. The van der Waals surface area contributed by atoms with Crippen LogP contribution in [0.3, 0.4) is 0 Å². The summed E-state index contributed by atoms with van der Waals surface area (Å²) in [4.78, 5) is 15.6. The van der Waals surface area contributed by atoms with E-state index in [9.17, 15) is 9.90 Å². The standard InChI is InChI=1S/C21H27N3O4/c1-2-27-21(26)10-14-3-7-19-15(9-14)4-6-17(28-19)12-23-13-18(25)16-5-8-20(22)24-11-16/h3,5,7-9,11,17-18,23,25H,2,4,6,10,12-13H2,1H3,(H2,22,24). The van der Waals surface area contributed by atoms with Gasteiger partial charge in [0.2, 0.25) is 0 Å². The zero-order valence-electron chi connectivity index (χ0n) is 16.1. The van der Waals surface area contributed by atoms with E-state index in [4.69, 9.17) is 15.2 Å². The molecule has 0 amide bonds. The Labute approximate surface area is 164 Å². The van der Waals surface area contributed by atoms with Gasteiger partial charge in [-0.15, -0.1) is 0 Å². The molecule has 0 bridgehead atoms. The Hall–Kier alpha value is -2.64. The molecule has 0 saturated heterocycles. The van der Waals surface area contributed by atoms with E-state index in [0.717, 1.165) is 35.3 Å². The highest BCUT2D eigenvalue weighted by molar-refractivity contribution is 5.72. The van der Waals surface area contributed by atoms with Crippen molar-refractivity contribution in [2.45, 2.75) is 38.4 Å². The van der Waals surface area contributed by atoms with E-state index in [1.165, 1.54) is 0 Å². The maximum absolute atomic E-state index is 11.6. The number of fused-ring (bicyclic) bond motifs is 1. The molecule has 1 aliphatic rings. The summed E-state index contributed by atoms with van der Waals surface area (Å²) in [6, 6.07) is 9.30. The van der Waals surface area contributed by atoms with Gasteiger partial charge in [0.05, 0.1) is 19.1 Å². The zero-order chi connectivity index (χ0) is 19.9. The minimum Gasteiger partial charge on any atom is -0.489 e. The highest BCUT2D eigenvalue weighted by Gasteiger charge is 2.20. The number of aryl methyl sites for hydroxylation is 1. The number of anilines is 1. The van der Waals surface area contributed by atoms with Crippen LogP contribution in [-0.4, -0.2) is 41.9 Å². The van der Waals surface area contributed by atoms with E-state index < -0.39 is 6.10 Å². The van der Waals surface area contributed by atoms with Crippen molar-refractivity contribution in [2.75, 3.05) is 25.4 Å². The van der Waals surface area contributed by atoms with Gasteiger partial charge in [-0.2, -0.15) is 0 Å². The van der Waals surface area contributed by atoms with Gasteiger partial charge in [-0.05, 0) is 43.0 Å². The Kier molecular flexibility index (Phi) is 6.84. The Morgan fingerprint density at radius 1 is 1.43 bits per heavy atom. The van der Waals surface area contributed by atoms with Gasteiger partial charge in [-0.25, -0.2) is 4.98 Å². The first-order valence-electron chi connectivity index (χ1n) is 9.59. The number of nitrogens with two attached hydrogens (primary N) is 1. The quantitative estimate of drug-likeness (QED) is 0.595. The van der Waals surface area contributed by atoms with Crippen LogP contribution in [0.25, 0.3) is 0 Å². The first-order valence-corrected chi connectivity index (χ1v) is 9.59. The van der Waals surface area contributed by atoms with Gasteiger partial charge in [-0.1, -0.05) is 18.2 Å². The Morgan fingerprint density at radius 2 is 2.29 bits per heavy atom. The number of nitrogen functional groups attached to an aromatic ring is 1. The number of carbonyl (C=O) groups is 1. The molecule has 3 rings (SSSR count). The van der Waals surface area contributed by atoms with Crippen LogP contribution >= 0.6 is 0 Å². The minimum absolute atomic E-state index is 0.0418. The fourth-order valence-electron chi connectivity index (χ4n) is 3.24. The summed E-state index contributed by atoms with van der Waals surface area (Å²) in [5.74, 6) is 1.08. The van der Waals surface area contributed by atoms with Gasteiger partial charge in [0.15, 0.2) is 0 Å². The number of aromatic nitrogens is 1. The van der Waals surface area contributed by atoms with E-state index in [1.807, 2.05) is 18.2 Å². The Balaban J connectivity index is 1.47. The Morgan fingerprint density at radius 3 is 3.04 bits per heavy atom. The first kappa shape index (κ1) is 20.1. The number of nitrogens with one attached hydrogen (secondary N) is 1. The van der Waals surface area contributed by atoms with Crippen molar-refractivity contribution in [3.05, 3.63) is 53.2 Å². The van der Waals surface area contributed by atoms with Crippen molar-refractivity contribution < 1.29 is 19.4 Å². The van der Waals surface area contributed by atoms with Gasteiger partial charge in [0.25, 0.3) is 0 Å². The molecule has 0 fully saturated rings. The highest BCUT2D eigenvalue weighted by atomic mass is 16.5. The lowest BCUT2D eigenvalue weighted by atomic mass is 9.99. The third-order valence-electron chi connectivity index (χ3n) is 4.71. The van der Waals surface area contributed by atoms with Crippen LogP contribution in [0.1, 0.15) is 36.1 Å². The van der Waals surface area contributed by atoms with Gasteiger partial charge < -0.3 is 25.6 Å². The lowest BCUT2D eigenvalue weighted by Gasteiger charge is -2.27. The number of hydrogen-bond donors (Lipinski definition) is 3. The van der Waals surface area contributed by atoms with Crippen LogP contribution in [0.5, 0.6) is 5.75 Å². The molecule has 2 heterocycles. The third-order valence-corrected chi connectivity index (χ3v) is 4.71. The molecule has 0 spiro atoms. The van der Waals surface area contributed by atoms with Crippen molar-refractivity contribution in [3.8, 4) is 5.75 Å². The second kappa shape index (κ2) is 9.52. The third kappa shape index (κ3) is 5.43. The molecular weight excluding hydrogens is 358 g/mol. The molecule has 0 radical (unpaired) electrons. The molecule has 2 atom stereocenters. The van der Waals surface area contributed by atoms with Crippen molar-refractivity contribution in [1.82, 2.24) is 10.3 Å². The largest absolute Gasteiger partial charge is 0.489 e. The molecule has 4 N–H and O–H groups in total. The molecule has 150 valence electrons. The normalized spacial score (nSPS) is 16.7. The van der Waals surface area contributed by atoms with E-state index >= 15 is 0 Å². The summed E-state index contributed by atoms with van der Waals surface area (Å²) in [5.41, 5.74) is 8.35. The SMILES string of the molecule is CCOC(=O)Cc1ccc2c(c1)CCC(CNCC(O)c1ccc(N)nc1)O2. The lowest BCUT2D eigenvalue weighted by molar-refractivity contribution is -0.142. The van der Waals surface area contributed by atoms with Crippen LogP contribution in [0, 0.1) is 0 Å². The van der Waals surface area contributed by atoms with Gasteiger partial charge in [0.1, 0.15) is 17.7 Å². The van der Waals surface area contributed by atoms with E-state index in [0.29, 0.717) is 25.5 Å². The molecule has 2 aromatic rings. The molecule has 2 unspecified atom stereocenters. The van der Waals surface area contributed by atoms with E-state index in [1.54, 1.807) is 25.3 Å². The molecule has 7 heteroatoms. The second-order valence-corrected chi connectivity index (χ2v) is 6.89. The number of hydrogen-bond acceptors (Lipinski definition) is 7. The summed E-state index contributed by atoms with van der Waals surface area (Å²) in [6.45, 7) is 3.25. The second-order valence-electron chi connectivity index (χ2n) is 6.89. The number of aliphatic hydroxyl groups excluding tert-OH is 1. The summed E-state index contributed by atoms with van der Waals surface area (Å²) in [7, 11) is 0. The summed E-state index contributed by atoms with van der Waals surface area (Å²) < 4.78 is 11.1. The number of nitrogens with zero attached hydrogens (tertiary/aromatic N) is 1. The lowest BCUT2D eigenvalue weighted by Crippen LogP contribution is -2.36. The van der Waals surface area contributed by atoms with Crippen molar-refractivity contribution in [1.29, 1.82) is 0 Å². The Bertz CT molecular complexity index is 795. The molecule has 7 nitrogen and oxygen atoms in total. The van der Waals surface area contributed by atoms with Gasteiger partial charge >= 0.3 is 5.97 Å². The molecule has 1 aromatic carbocycles. The zero-order valence-corrected chi connectivity index (χ0v) is 16.1. The number of carbonyl (C=O) groups excluding carboxylic acids is 1. The average molecular weight is 385 g/mol. The van der Waals surface area contributed by atoms with Gasteiger partial charge in [0, 0.05) is 24.8 Å². The van der Waals surface area contributed by atoms with Crippen LogP contribution in [0.4, 0.5) is 5.82 Å². The van der Waals surface area contributed by atoms with Crippen LogP contribution in [0.2, 0.25) is 0 Å². The number of benzene rings is 1. The topological polar surface area (TPSA) is 107 Å². The monoisotopic (exact) mass is 385 g/mol. The fourth-order valence-corrected chi connectivity index (χ4v) is 3.24. The van der Waals surface area contributed by atoms with E-state index in [-0.39, 0.29) is 18.5 Å². The van der Waals surface area contributed by atoms with Crippen LogP contribution in [0.15, 0.2) is 36.5 Å². The van der Waals surface area contributed by atoms with E-state index in [2.05, 4.69) is 10.3 Å². The number of ether oxygens (including phenoxy) is 2. The first-order chi connectivity index (χ1) is 13.5. The van der Waals surface area contributed by atoms with Crippen LogP contribution in [-0.2, 0) is 22.4 Å². The summed E-state index contributed by atoms with van der Waals surface area (Å²) in [5, 5.41) is 13.5. The highest BCUT2D eigenvalue weighted by Crippen LogP contribution is 2.28. The molecule has 0 saturated carbocycles. The molecule has 28 heavy (non-hydrogen) atoms. The molecular formula is C21H27N3O4. The molecule has 1 aromatic heterocycles. The van der Waals surface area contributed by atoms with Crippen molar-refractivity contribution in [3.63, 3.8) is 0 Å². The number of esters is 1. The van der Waals surface area contributed by atoms with Crippen molar-refractivity contribution >= 4 is 11.8 Å².